The SMILES string of the molecule is OCc1c(F)c(F)c(CC=CCl)c(F)c1F. The van der Waals surface area contributed by atoms with Crippen molar-refractivity contribution in [3.63, 3.8) is 0 Å². The van der Waals surface area contributed by atoms with Gasteiger partial charge in [-0.05, 0) is 6.42 Å². The summed E-state index contributed by atoms with van der Waals surface area (Å²) >= 11 is 5.14. The summed E-state index contributed by atoms with van der Waals surface area (Å²) in [6.07, 6.45) is 0.765. The minimum Gasteiger partial charge on any atom is -0.391 e. The highest BCUT2D eigenvalue weighted by molar-refractivity contribution is 6.25. The maximum atomic E-state index is 13.2. The van der Waals surface area contributed by atoms with E-state index >= 15 is 0 Å². The molecule has 1 aromatic rings. The molecule has 0 unspecified atom stereocenters. The highest BCUT2D eigenvalue weighted by Crippen LogP contribution is 2.24. The molecular formula is C10H7ClF4O. The normalized spacial score (nSPS) is 11.4. The van der Waals surface area contributed by atoms with E-state index in [9.17, 15) is 17.6 Å². The van der Waals surface area contributed by atoms with Crippen molar-refractivity contribution < 1.29 is 22.7 Å². The van der Waals surface area contributed by atoms with E-state index in [1.165, 1.54) is 0 Å². The predicted molar refractivity (Wildman–Crippen MR) is 50.9 cm³/mol. The second-order valence-electron chi connectivity index (χ2n) is 2.94. The van der Waals surface area contributed by atoms with Crippen LogP contribution in [0.1, 0.15) is 11.1 Å². The van der Waals surface area contributed by atoms with Gasteiger partial charge in [0.25, 0.3) is 0 Å². The van der Waals surface area contributed by atoms with E-state index in [0.29, 0.717) is 0 Å². The van der Waals surface area contributed by atoms with Crippen molar-refractivity contribution in [2.75, 3.05) is 0 Å². The molecule has 0 saturated heterocycles. The third kappa shape index (κ3) is 2.20. The molecule has 0 fully saturated rings. The third-order valence-corrected chi connectivity index (χ3v) is 2.19. The molecule has 0 aliphatic rings. The van der Waals surface area contributed by atoms with Gasteiger partial charge in [0.2, 0.25) is 0 Å². The van der Waals surface area contributed by atoms with E-state index in [2.05, 4.69) is 0 Å². The molecule has 16 heavy (non-hydrogen) atoms. The van der Waals surface area contributed by atoms with Crippen molar-refractivity contribution in [3.8, 4) is 0 Å². The van der Waals surface area contributed by atoms with Crippen LogP contribution in [-0.4, -0.2) is 5.11 Å². The van der Waals surface area contributed by atoms with Crippen LogP contribution in [0, 0.1) is 23.3 Å². The van der Waals surface area contributed by atoms with Crippen molar-refractivity contribution in [3.05, 3.63) is 46.0 Å². The van der Waals surface area contributed by atoms with Crippen LogP contribution in [0.25, 0.3) is 0 Å². The first kappa shape index (κ1) is 13.0. The average molecular weight is 255 g/mol. The van der Waals surface area contributed by atoms with Gasteiger partial charge in [-0.15, -0.1) is 0 Å². The summed E-state index contributed by atoms with van der Waals surface area (Å²) < 4.78 is 52.8. The van der Waals surface area contributed by atoms with E-state index in [1.54, 1.807) is 0 Å². The highest BCUT2D eigenvalue weighted by Gasteiger charge is 2.23. The van der Waals surface area contributed by atoms with Crippen LogP contribution in [-0.2, 0) is 13.0 Å². The molecule has 88 valence electrons. The van der Waals surface area contributed by atoms with Crippen molar-refractivity contribution in [1.82, 2.24) is 0 Å². The van der Waals surface area contributed by atoms with Crippen LogP contribution in [0.2, 0.25) is 0 Å². The van der Waals surface area contributed by atoms with E-state index < -0.39 is 41.0 Å². The summed E-state index contributed by atoms with van der Waals surface area (Å²) in [4.78, 5) is 0. The Hall–Kier alpha value is -1.07. The number of benzene rings is 1. The zero-order valence-corrected chi connectivity index (χ0v) is 8.66. The molecule has 1 rings (SSSR count). The lowest BCUT2D eigenvalue weighted by molar-refractivity contribution is 0.262. The lowest BCUT2D eigenvalue weighted by Gasteiger charge is -2.08. The minimum absolute atomic E-state index is 0.374. The zero-order chi connectivity index (χ0) is 12.3. The lowest BCUT2D eigenvalue weighted by Crippen LogP contribution is -2.08. The topological polar surface area (TPSA) is 20.2 Å². The van der Waals surface area contributed by atoms with Gasteiger partial charge in [0.15, 0.2) is 23.3 Å². The number of halogens is 5. The molecule has 0 saturated carbocycles. The van der Waals surface area contributed by atoms with Crippen LogP contribution >= 0.6 is 11.6 Å². The van der Waals surface area contributed by atoms with Crippen molar-refractivity contribution in [2.24, 2.45) is 0 Å². The molecule has 0 bridgehead atoms. The Bertz CT molecular complexity index is 402. The Morgan fingerprint density at radius 2 is 1.38 bits per heavy atom. The molecule has 0 aromatic heterocycles. The summed E-state index contributed by atoms with van der Waals surface area (Å²) in [5.74, 6) is -6.20. The van der Waals surface area contributed by atoms with Crippen molar-refractivity contribution in [1.29, 1.82) is 0 Å². The molecule has 0 atom stereocenters. The van der Waals surface area contributed by atoms with Gasteiger partial charge < -0.3 is 5.11 Å². The molecule has 1 aromatic carbocycles. The molecule has 0 aliphatic carbocycles. The van der Waals surface area contributed by atoms with Gasteiger partial charge in [-0.25, -0.2) is 17.6 Å². The van der Waals surface area contributed by atoms with Gasteiger partial charge in [0.1, 0.15) is 0 Å². The number of hydrogen-bond acceptors (Lipinski definition) is 1. The fourth-order valence-corrected chi connectivity index (χ4v) is 1.29. The van der Waals surface area contributed by atoms with Crippen LogP contribution in [0.15, 0.2) is 11.6 Å². The van der Waals surface area contributed by atoms with Crippen LogP contribution in [0.4, 0.5) is 17.6 Å². The maximum absolute atomic E-state index is 13.2. The van der Waals surface area contributed by atoms with Crippen LogP contribution in [0.3, 0.4) is 0 Å². The second kappa shape index (κ2) is 5.32. The standard InChI is InChI=1S/C10H7ClF4O/c11-3-1-2-5-7(12)9(14)6(4-16)10(15)8(5)13/h1,3,16H,2,4H2. The summed E-state index contributed by atoms with van der Waals surface area (Å²) in [6.45, 7) is -1.11. The Kier molecular flexibility index (Phi) is 4.32. The zero-order valence-electron chi connectivity index (χ0n) is 7.91. The summed E-state index contributed by atoms with van der Waals surface area (Å²) in [6, 6.07) is 0. The predicted octanol–water partition coefficient (Wildman–Crippen LogP) is 3.03. The molecule has 0 aliphatic heterocycles. The van der Waals surface area contributed by atoms with Gasteiger partial charge in [0, 0.05) is 11.1 Å². The number of aliphatic hydroxyl groups excluding tert-OH is 1. The fraction of sp³-hybridized carbons (Fsp3) is 0.200. The van der Waals surface area contributed by atoms with E-state index in [4.69, 9.17) is 16.7 Å². The first-order chi connectivity index (χ1) is 7.54. The van der Waals surface area contributed by atoms with E-state index in [1.807, 2.05) is 0 Å². The summed E-state index contributed by atoms with van der Waals surface area (Å²) in [7, 11) is 0. The first-order valence-electron chi connectivity index (χ1n) is 4.24. The smallest absolute Gasteiger partial charge is 0.167 e. The van der Waals surface area contributed by atoms with Gasteiger partial charge >= 0.3 is 0 Å². The number of allylic oxidation sites excluding steroid dienone is 1. The summed E-state index contributed by atoms with van der Waals surface area (Å²) in [5, 5.41) is 8.57. The molecular weight excluding hydrogens is 248 g/mol. The lowest BCUT2D eigenvalue weighted by atomic mass is 10.1. The quantitative estimate of drug-likeness (QED) is 0.649. The highest BCUT2D eigenvalue weighted by atomic mass is 35.5. The Morgan fingerprint density at radius 1 is 0.938 bits per heavy atom. The first-order valence-corrected chi connectivity index (χ1v) is 4.68. The van der Waals surface area contributed by atoms with Gasteiger partial charge in [-0.2, -0.15) is 0 Å². The molecule has 0 radical (unpaired) electrons. The Balaban J connectivity index is 3.40. The minimum atomic E-state index is -1.58. The summed E-state index contributed by atoms with van der Waals surface area (Å²) in [5.41, 5.74) is -0.799. The van der Waals surface area contributed by atoms with E-state index in [0.717, 1.165) is 11.6 Å². The van der Waals surface area contributed by atoms with Gasteiger partial charge in [-0.1, -0.05) is 17.7 Å². The van der Waals surface area contributed by atoms with E-state index in [-0.39, 0.29) is 6.42 Å². The number of hydrogen-bond donors (Lipinski definition) is 1. The molecule has 0 heterocycles. The van der Waals surface area contributed by atoms with Crippen molar-refractivity contribution in [2.45, 2.75) is 13.0 Å². The third-order valence-electron chi connectivity index (χ3n) is 2.01. The molecule has 0 amide bonds. The fourth-order valence-electron chi connectivity index (χ4n) is 1.20. The molecule has 6 heteroatoms. The average Bonchev–Trinajstić information content (AvgIpc) is 2.27. The molecule has 0 spiro atoms. The van der Waals surface area contributed by atoms with Gasteiger partial charge in [-0.3, -0.25) is 0 Å². The monoisotopic (exact) mass is 254 g/mol. The molecule has 1 nitrogen and oxygen atoms in total. The largest absolute Gasteiger partial charge is 0.391 e. The Morgan fingerprint density at radius 3 is 1.75 bits per heavy atom. The van der Waals surface area contributed by atoms with Gasteiger partial charge in [0.05, 0.1) is 12.2 Å². The number of aliphatic hydroxyl groups is 1. The Labute approximate surface area is 94.0 Å². The number of rotatable bonds is 3. The van der Waals surface area contributed by atoms with Crippen LogP contribution in [0.5, 0.6) is 0 Å². The second-order valence-corrected chi connectivity index (χ2v) is 3.19. The van der Waals surface area contributed by atoms with Crippen LogP contribution < -0.4 is 0 Å². The molecule has 1 N–H and O–H groups in total. The van der Waals surface area contributed by atoms with Crippen molar-refractivity contribution >= 4 is 11.6 Å². The maximum Gasteiger partial charge on any atom is 0.167 e.